The lowest BCUT2D eigenvalue weighted by atomic mass is 10.0. The van der Waals surface area contributed by atoms with Crippen molar-refractivity contribution in [3.8, 4) is 0 Å². The molecule has 0 aromatic carbocycles. The molecule has 0 radical (unpaired) electrons. The fraction of sp³-hybridized carbons (Fsp3) is 0.865. The topological polar surface area (TPSA) is 104 Å². The molecule has 0 saturated heterocycles. The van der Waals surface area contributed by atoms with Crippen molar-refractivity contribution in [1.82, 2.24) is 5.32 Å². The number of carbonyl (C=O) groups excluding carboxylic acids is 1. The molecule has 3 N–H and O–H groups in total. The maximum atomic E-state index is 12.4. The predicted molar refractivity (Wildman–Crippen MR) is 189 cm³/mol. The van der Waals surface area contributed by atoms with Crippen molar-refractivity contribution in [3.63, 3.8) is 0 Å². The normalized spacial score (nSPS) is 13.6. The molecule has 0 aromatic rings. The van der Waals surface area contributed by atoms with E-state index in [0.29, 0.717) is 0 Å². The second-order valence-electron chi connectivity index (χ2n) is 12.9. The molecule has 0 aliphatic heterocycles. The van der Waals surface area contributed by atoms with Crippen LogP contribution in [0.25, 0.3) is 0 Å². The zero-order chi connectivity index (χ0) is 32.6. The van der Waals surface area contributed by atoms with Crippen molar-refractivity contribution in [1.29, 1.82) is 0 Å². The highest BCUT2D eigenvalue weighted by Gasteiger charge is 2.24. The van der Waals surface area contributed by atoms with Crippen LogP contribution in [0.15, 0.2) is 24.3 Å². The molecule has 0 heterocycles. The van der Waals surface area contributed by atoms with Gasteiger partial charge in [0.25, 0.3) is 10.1 Å². The van der Waals surface area contributed by atoms with Crippen LogP contribution >= 0.6 is 0 Å². The Morgan fingerprint density at radius 3 is 1.36 bits per heavy atom. The maximum absolute atomic E-state index is 12.4. The summed E-state index contributed by atoms with van der Waals surface area (Å²) in [6.07, 6.45) is 38.7. The Labute approximate surface area is 273 Å². The number of hydrogen-bond acceptors (Lipinski definition) is 4. The minimum atomic E-state index is -4.34. The van der Waals surface area contributed by atoms with Gasteiger partial charge in [-0.2, -0.15) is 8.42 Å². The standard InChI is InChI=1S/C37H71NO5S/c1-3-5-7-9-11-13-15-17-18-19-21-23-25-27-29-31-33-37(40)38-35(34-44(41,42)43)36(39)32-30-28-26-24-22-20-16-14-12-10-8-6-4-2/h18-19,30,32,35-36,39H,3-17,20-29,31,33-34H2,1-2H3,(H,38,40)(H,41,42,43)/b19-18-,32-30+. The zero-order valence-electron chi connectivity index (χ0n) is 28.8. The van der Waals surface area contributed by atoms with E-state index in [1.165, 1.54) is 109 Å². The smallest absolute Gasteiger partial charge is 0.267 e. The summed E-state index contributed by atoms with van der Waals surface area (Å²) < 4.78 is 32.3. The van der Waals surface area contributed by atoms with Crippen LogP contribution in [0.3, 0.4) is 0 Å². The highest BCUT2D eigenvalue weighted by Crippen LogP contribution is 2.13. The number of nitrogens with one attached hydrogen (secondary N) is 1. The molecule has 0 aromatic heterocycles. The molecule has 0 fully saturated rings. The summed E-state index contributed by atoms with van der Waals surface area (Å²) in [7, 11) is -4.34. The zero-order valence-corrected chi connectivity index (χ0v) is 29.6. The molecule has 0 spiro atoms. The molecule has 0 rings (SSSR count). The van der Waals surface area contributed by atoms with E-state index in [4.69, 9.17) is 0 Å². The van der Waals surface area contributed by atoms with E-state index in [1.807, 2.05) is 6.08 Å². The number of carbonyl (C=O) groups is 1. The summed E-state index contributed by atoms with van der Waals surface area (Å²) in [5.74, 6) is -0.986. The molecule has 1 amide bonds. The molecular formula is C37H71NO5S. The van der Waals surface area contributed by atoms with Gasteiger partial charge in [0.2, 0.25) is 5.91 Å². The van der Waals surface area contributed by atoms with Crippen LogP contribution in [0, 0.1) is 0 Å². The average molecular weight is 642 g/mol. The Morgan fingerprint density at radius 2 is 0.955 bits per heavy atom. The third-order valence-electron chi connectivity index (χ3n) is 8.37. The van der Waals surface area contributed by atoms with E-state index in [0.717, 1.165) is 57.8 Å². The molecule has 0 aliphatic carbocycles. The molecule has 7 heteroatoms. The van der Waals surface area contributed by atoms with Crippen LogP contribution < -0.4 is 5.32 Å². The van der Waals surface area contributed by atoms with Crippen molar-refractivity contribution in [2.45, 2.75) is 199 Å². The van der Waals surface area contributed by atoms with Crippen molar-refractivity contribution in [2.75, 3.05) is 5.75 Å². The fourth-order valence-corrected chi connectivity index (χ4v) is 6.30. The number of allylic oxidation sites excluding steroid dienone is 3. The molecular weight excluding hydrogens is 570 g/mol. The summed E-state index contributed by atoms with van der Waals surface area (Å²) in [6.45, 7) is 4.50. The van der Waals surface area contributed by atoms with E-state index in [2.05, 4.69) is 31.3 Å². The molecule has 260 valence electrons. The van der Waals surface area contributed by atoms with Gasteiger partial charge in [-0.15, -0.1) is 0 Å². The van der Waals surface area contributed by atoms with E-state index in [1.54, 1.807) is 6.08 Å². The average Bonchev–Trinajstić information content (AvgIpc) is 2.98. The molecule has 0 aliphatic rings. The monoisotopic (exact) mass is 642 g/mol. The largest absolute Gasteiger partial charge is 0.387 e. The van der Waals surface area contributed by atoms with Gasteiger partial charge < -0.3 is 10.4 Å². The van der Waals surface area contributed by atoms with E-state index in [9.17, 15) is 22.9 Å². The van der Waals surface area contributed by atoms with Crippen molar-refractivity contribution < 1.29 is 22.9 Å². The molecule has 6 nitrogen and oxygen atoms in total. The Morgan fingerprint density at radius 1 is 0.591 bits per heavy atom. The number of aliphatic hydroxyl groups is 1. The molecule has 2 unspecified atom stereocenters. The molecule has 44 heavy (non-hydrogen) atoms. The van der Waals surface area contributed by atoms with Gasteiger partial charge in [-0.05, 0) is 44.9 Å². The van der Waals surface area contributed by atoms with Gasteiger partial charge in [-0.1, -0.05) is 160 Å². The van der Waals surface area contributed by atoms with Gasteiger partial charge in [-0.3, -0.25) is 9.35 Å². The molecule has 0 saturated carbocycles. The lowest BCUT2D eigenvalue weighted by Gasteiger charge is -2.21. The second-order valence-corrected chi connectivity index (χ2v) is 14.4. The van der Waals surface area contributed by atoms with Crippen molar-refractivity contribution >= 4 is 16.0 Å². The van der Waals surface area contributed by atoms with Gasteiger partial charge in [0, 0.05) is 6.42 Å². The fourth-order valence-electron chi connectivity index (χ4n) is 5.56. The summed E-state index contributed by atoms with van der Waals surface area (Å²) in [5.41, 5.74) is 0. The minimum Gasteiger partial charge on any atom is -0.387 e. The summed E-state index contributed by atoms with van der Waals surface area (Å²) in [6, 6.07) is -1.06. The van der Waals surface area contributed by atoms with Crippen molar-refractivity contribution in [2.24, 2.45) is 0 Å². The maximum Gasteiger partial charge on any atom is 0.267 e. The Bertz CT molecular complexity index is 796. The van der Waals surface area contributed by atoms with Crippen LogP contribution in [0.2, 0.25) is 0 Å². The number of unbranched alkanes of at least 4 members (excludes halogenated alkanes) is 23. The van der Waals surface area contributed by atoms with Crippen LogP contribution in [-0.4, -0.2) is 41.9 Å². The first-order valence-corrected chi connectivity index (χ1v) is 20.1. The molecule has 0 bridgehead atoms. The van der Waals surface area contributed by atoms with Crippen LogP contribution in [0.4, 0.5) is 0 Å². The van der Waals surface area contributed by atoms with Gasteiger partial charge in [0.1, 0.15) is 0 Å². The Balaban J connectivity index is 3.99. The highest BCUT2D eigenvalue weighted by molar-refractivity contribution is 7.85. The molecule has 2 atom stereocenters. The number of aliphatic hydroxyl groups excluding tert-OH is 1. The quantitative estimate of drug-likeness (QED) is 0.0376. The first-order chi connectivity index (χ1) is 21.3. The first-order valence-electron chi connectivity index (χ1n) is 18.5. The predicted octanol–water partition coefficient (Wildman–Crippen LogP) is 10.4. The van der Waals surface area contributed by atoms with E-state index >= 15 is 0 Å². The highest BCUT2D eigenvalue weighted by atomic mass is 32.2. The van der Waals surface area contributed by atoms with Gasteiger partial charge in [0.15, 0.2) is 0 Å². The van der Waals surface area contributed by atoms with E-state index in [-0.39, 0.29) is 12.3 Å². The number of hydrogen-bond donors (Lipinski definition) is 3. The van der Waals surface area contributed by atoms with Gasteiger partial charge in [-0.25, -0.2) is 0 Å². The lowest BCUT2D eigenvalue weighted by molar-refractivity contribution is -0.122. The lowest BCUT2D eigenvalue weighted by Crippen LogP contribution is -2.46. The van der Waals surface area contributed by atoms with Gasteiger partial charge >= 0.3 is 0 Å². The summed E-state index contributed by atoms with van der Waals surface area (Å²) >= 11 is 0. The van der Waals surface area contributed by atoms with Crippen LogP contribution in [-0.2, 0) is 14.9 Å². The third-order valence-corrected chi connectivity index (χ3v) is 9.15. The Kier molecular flexibility index (Phi) is 30.9. The van der Waals surface area contributed by atoms with Gasteiger partial charge in [0.05, 0.1) is 17.9 Å². The Hall–Kier alpha value is -1.18. The summed E-state index contributed by atoms with van der Waals surface area (Å²) in [4.78, 5) is 12.4. The van der Waals surface area contributed by atoms with Crippen LogP contribution in [0.5, 0.6) is 0 Å². The SMILES string of the molecule is CCCCCCCCC/C=C\CCCCCCCC(=O)NC(CS(=O)(=O)O)C(O)/C=C/CCCCCCCCCCCCC. The first kappa shape index (κ1) is 42.8. The third kappa shape index (κ3) is 32.2. The number of rotatable bonds is 33. The second kappa shape index (κ2) is 31.8. The minimum absolute atomic E-state index is 0.287. The van der Waals surface area contributed by atoms with Crippen molar-refractivity contribution in [3.05, 3.63) is 24.3 Å². The summed E-state index contributed by atoms with van der Waals surface area (Å²) in [5, 5.41) is 13.2. The number of amides is 1. The van der Waals surface area contributed by atoms with Crippen LogP contribution in [0.1, 0.15) is 187 Å². The van der Waals surface area contributed by atoms with E-state index < -0.39 is 28.0 Å².